The highest BCUT2D eigenvalue weighted by molar-refractivity contribution is 5.13. The molecule has 1 fully saturated rings. The summed E-state index contributed by atoms with van der Waals surface area (Å²) < 4.78 is 0. The van der Waals surface area contributed by atoms with Gasteiger partial charge in [0.15, 0.2) is 0 Å². The van der Waals surface area contributed by atoms with Crippen LogP contribution in [0.3, 0.4) is 0 Å². The summed E-state index contributed by atoms with van der Waals surface area (Å²) in [5, 5.41) is 10.1. The summed E-state index contributed by atoms with van der Waals surface area (Å²) >= 11 is 0. The van der Waals surface area contributed by atoms with Crippen LogP contribution in [0.2, 0.25) is 0 Å². The predicted molar refractivity (Wildman–Crippen MR) is 54.8 cm³/mol. The number of hydrogen-bond acceptors (Lipinski definition) is 3. The lowest BCUT2D eigenvalue weighted by Gasteiger charge is -2.17. The molecule has 0 amide bonds. The average molecular weight is 192 g/mol. The molecule has 0 radical (unpaired) electrons. The fourth-order valence-corrected chi connectivity index (χ4v) is 2.05. The molecule has 1 saturated heterocycles. The lowest BCUT2D eigenvalue weighted by atomic mass is 9.96. The minimum atomic E-state index is -0.353. The van der Waals surface area contributed by atoms with Gasteiger partial charge in [-0.3, -0.25) is 4.98 Å². The molecule has 2 heterocycles. The van der Waals surface area contributed by atoms with Crippen molar-refractivity contribution in [3.05, 3.63) is 30.1 Å². The lowest BCUT2D eigenvalue weighted by molar-refractivity contribution is 0.112. The summed E-state index contributed by atoms with van der Waals surface area (Å²) in [6.07, 6.45) is 4.21. The van der Waals surface area contributed by atoms with Crippen LogP contribution < -0.4 is 0 Å². The predicted octanol–water partition coefficient (Wildman–Crippen LogP) is 1.07. The Kier molecular flexibility index (Phi) is 2.79. The van der Waals surface area contributed by atoms with Gasteiger partial charge < -0.3 is 10.0 Å². The summed E-state index contributed by atoms with van der Waals surface area (Å²) in [4.78, 5) is 6.28. The summed E-state index contributed by atoms with van der Waals surface area (Å²) in [7, 11) is 2.09. The molecule has 1 N–H and O–H groups in total. The maximum absolute atomic E-state index is 10.1. The molecule has 0 aromatic carbocycles. The van der Waals surface area contributed by atoms with E-state index in [0.29, 0.717) is 5.92 Å². The molecule has 76 valence electrons. The van der Waals surface area contributed by atoms with Gasteiger partial charge in [0.25, 0.3) is 0 Å². The maximum Gasteiger partial charge on any atom is 0.0845 e. The molecule has 1 aromatic heterocycles. The molecular formula is C11H16N2O. The molecule has 14 heavy (non-hydrogen) atoms. The minimum absolute atomic E-state index is 0.353. The zero-order valence-electron chi connectivity index (χ0n) is 8.43. The van der Waals surface area contributed by atoms with Gasteiger partial charge in [-0.05, 0) is 31.6 Å². The van der Waals surface area contributed by atoms with Crippen LogP contribution in [-0.2, 0) is 0 Å². The summed E-state index contributed by atoms with van der Waals surface area (Å²) in [6, 6.07) is 3.81. The van der Waals surface area contributed by atoms with Crippen molar-refractivity contribution in [2.45, 2.75) is 12.5 Å². The Balaban J connectivity index is 2.05. The normalized spacial score (nSPS) is 25.1. The molecular weight excluding hydrogens is 176 g/mol. The van der Waals surface area contributed by atoms with Crippen molar-refractivity contribution in [3.8, 4) is 0 Å². The van der Waals surface area contributed by atoms with Crippen LogP contribution in [0.4, 0.5) is 0 Å². The van der Waals surface area contributed by atoms with Crippen LogP contribution in [0.5, 0.6) is 0 Å². The smallest absolute Gasteiger partial charge is 0.0845 e. The number of aliphatic hydroxyl groups is 1. The standard InChI is InChI=1S/C11H16N2O/c1-13-6-4-10(8-13)11(14)9-3-2-5-12-7-9/h2-3,5,7,10-11,14H,4,6,8H2,1H3. The van der Waals surface area contributed by atoms with E-state index in [4.69, 9.17) is 0 Å². The van der Waals surface area contributed by atoms with E-state index in [0.717, 1.165) is 25.1 Å². The van der Waals surface area contributed by atoms with Crippen LogP contribution in [-0.4, -0.2) is 35.1 Å². The van der Waals surface area contributed by atoms with E-state index < -0.39 is 0 Å². The maximum atomic E-state index is 10.1. The van der Waals surface area contributed by atoms with Crippen LogP contribution in [0.15, 0.2) is 24.5 Å². The number of aliphatic hydroxyl groups excluding tert-OH is 1. The largest absolute Gasteiger partial charge is 0.388 e. The lowest BCUT2D eigenvalue weighted by Crippen LogP contribution is -2.18. The quantitative estimate of drug-likeness (QED) is 0.761. The fourth-order valence-electron chi connectivity index (χ4n) is 2.05. The highest BCUT2D eigenvalue weighted by Crippen LogP contribution is 2.28. The Morgan fingerprint density at radius 3 is 3.07 bits per heavy atom. The SMILES string of the molecule is CN1CCC(C(O)c2cccnc2)C1. The number of rotatable bonds is 2. The third kappa shape index (κ3) is 1.94. The van der Waals surface area contributed by atoms with Crippen molar-refractivity contribution in [1.82, 2.24) is 9.88 Å². The van der Waals surface area contributed by atoms with Crippen molar-refractivity contribution < 1.29 is 5.11 Å². The highest BCUT2D eigenvalue weighted by Gasteiger charge is 2.27. The van der Waals surface area contributed by atoms with Gasteiger partial charge in [0.1, 0.15) is 0 Å². The zero-order chi connectivity index (χ0) is 9.97. The number of pyridine rings is 1. The molecule has 2 atom stereocenters. The first-order chi connectivity index (χ1) is 6.77. The van der Waals surface area contributed by atoms with Crippen LogP contribution in [0.1, 0.15) is 18.1 Å². The van der Waals surface area contributed by atoms with E-state index in [2.05, 4.69) is 16.9 Å². The number of aromatic nitrogens is 1. The van der Waals surface area contributed by atoms with Gasteiger partial charge in [-0.15, -0.1) is 0 Å². The summed E-state index contributed by atoms with van der Waals surface area (Å²) in [5.41, 5.74) is 0.938. The number of nitrogens with zero attached hydrogens (tertiary/aromatic N) is 2. The molecule has 1 aliphatic rings. The first kappa shape index (κ1) is 9.62. The minimum Gasteiger partial charge on any atom is -0.388 e. The Morgan fingerprint density at radius 1 is 1.64 bits per heavy atom. The van der Waals surface area contributed by atoms with E-state index in [-0.39, 0.29) is 6.10 Å². The molecule has 0 spiro atoms. The average Bonchev–Trinajstić information content (AvgIpc) is 2.65. The third-order valence-corrected chi connectivity index (χ3v) is 2.90. The molecule has 2 unspecified atom stereocenters. The van der Waals surface area contributed by atoms with E-state index >= 15 is 0 Å². The van der Waals surface area contributed by atoms with Crippen LogP contribution in [0.25, 0.3) is 0 Å². The highest BCUT2D eigenvalue weighted by atomic mass is 16.3. The molecule has 0 bridgehead atoms. The van der Waals surface area contributed by atoms with Gasteiger partial charge in [-0.2, -0.15) is 0 Å². The Labute approximate surface area is 84.4 Å². The van der Waals surface area contributed by atoms with Gasteiger partial charge in [0.2, 0.25) is 0 Å². The van der Waals surface area contributed by atoms with E-state index in [1.165, 1.54) is 0 Å². The topological polar surface area (TPSA) is 36.4 Å². The molecule has 3 heteroatoms. The third-order valence-electron chi connectivity index (χ3n) is 2.90. The summed E-state index contributed by atoms with van der Waals surface area (Å²) in [5.74, 6) is 0.365. The second kappa shape index (κ2) is 4.07. The second-order valence-corrected chi connectivity index (χ2v) is 4.04. The van der Waals surface area contributed by atoms with Crippen molar-refractivity contribution in [1.29, 1.82) is 0 Å². The number of likely N-dealkylation sites (tertiary alicyclic amines) is 1. The van der Waals surface area contributed by atoms with Gasteiger partial charge in [-0.25, -0.2) is 0 Å². The van der Waals surface area contributed by atoms with Crippen LogP contribution >= 0.6 is 0 Å². The Hall–Kier alpha value is -0.930. The molecule has 0 saturated carbocycles. The van der Waals surface area contributed by atoms with Crippen LogP contribution in [0, 0.1) is 5.92 Å². The van der Waals surface area contributed by atoms with E-state index in [9.17, 15) is 5.11 Å². The molecule has 2 rings (SSSR count). The molecule has 1 aliphatic heterocycles. The zero-order valence-corrected chi connectivity index (χ0v) is 8.43. The van der Waals surface area contributed by atoms with Crippen molar-refractivity contribution >= 4 is 0 Å². The molecule has 0 aliphatic carbocycles. The van der Waals surface area contributed by atoms with Gasteiger partial charge >= 0.3 is 0 Å². The van der Waals surface area contributed by atoms with Crippen molar-refractivity contribution in [2.75, 3.05) is 20.1 Å². The molecule has 1 aromatic rings. The first-order valence-electron chi connectivity index (χ1n) is 5.04. The van der Waals surface area contributed by atoms with Gasteiger partial charge in [0, 0.05) is 24.9 Å². The second-order valence-electron chi connectivity index (χ2n) is 4.04. The first-order valence-corrected chi connectivity index (χ1v) is 5.04. The Bertz CT molecular complexity index is 289. The number of hydrogen-bond donors (Lipinski definition) is 1. The fraction of sp³-hybridized carbons (Fsp3) is 0.545. The van der Waals surface area contributed by atoms with Crippen molar-refractivity contribution in [2.24, 2.45) is 5.92 Å². The van der Waals surface area contributed by atoms with E-state index in [1.54, 1.807) is 12.4 Å². The molecule has 3 nitrogen and oxygen atoms in total. The van der Waals surface area contributed by atoms with Gasteiger partial charge in [0.05, 0.1) is 6.10 Å². The monoisotopic (exact) mass is 192 g/mol. The Morgan fingerprint density at radius 2 is 2.50 bits per heavy atom. The van der Waals surface area contributed by atoms with Crippen molar-refractivity contribution in [3.63, 3.8) is 0 Å². The van der Waals surface area contributed by atoms with Gasteiger partial charge in [-0.1, -0.05) is 6.07 Å². The van der Waals surface area contributed by atoms with E-state index in [1.807, 2.05) is 12.1 Å². The summed E-state index contributed by atoms with van der Waals surface area (Å²) in [6.45, 7) is 2.07.